The van der Waals surface area contributed by atoms with Gasteiger partial charge in [0.2, 0.25) is 0 Å². The molecule has 0 saturated carbocycles. The second-order valence-electron chi connectivity index (χ2n) is 4.37. The zero-order chi connectivity index (χ0) is 12.7. The molecule has 0 bridgehead atoms. The third-order valence-corrected chi connectivity index (χ3v) is 2.98. The molecule has 0 radical (unpaired) electrons. The van der Waals surface area contributed by atoms with Crippen molar-refractivity contribution >= 4 is 11.1 Å². The summed E-state index contributed by atoms with van der Waals surface area (Å²) >= 11 is 0. The molecule has 2 aromatic heterocycles. The third-order valence-electron chi connectivity index (χ3n) is 2.98. The van der Waals surface area contributed by atoms with Gasteiger partial charge in [-0.05, 0) is 43.2 Å². The summed E-state index contributed by atoms with van der Waals surface area (Å²) in [7, 11) is 0. The van der Waals surface area contributed by atoms with E-state index < -0.39 is 5.76 Å². The lowest BCUT2D eigenvalue weighted by molar-refractivity contribution is 0.555. The van der Waals surface area contributed by atoms with Gasteiger partial charge in [0.25, 0.3) is 0 Å². The number of hydrogen-bond acceptors (Lipinski definition) is 3. The Hall–Kier alpha value is -2.36. The molecule has 18 heavy (non-hydrogen) atoms. The molecular weight excluding hydrogens is 228 g/mol. The lowest BCUT2D eigenvalue weighted by Crippen LogP contribution is -1.92. The van der Waals surface area contributed by atoms with E-state index in [1.807, 2.05) is 44.3 Å². The van der Waals surface area contributed by atoms with Gasteiger partial charge in [0.1, 0.15) is 0 Å². The van der Waals surface area contributed by atoms with Gasteiger partial charge in [-0.1, -0.05) is 6.07 Å². The summed E-state index contributed by atoms with van der Waals surface area (Å²) in [5, 5.41) is 0. The first kappa shape index (κ1) is 10.8. The number of benzene rings is 1. The van der Waals surface area contributed by atoms with Gasteiger partial charge in [-0.3, -0.25) is 9.97 Å². The van der Waals surface area contributed by atoms with E-state index in [2.05, 4.69) is 9.97 Å². The van der Waals surface area contributed by atoms with Crippen molar-refractivity contribution in [2.75, 3.05) is 0 Å². The third kappa shape index (κ3) is 1.72. The van der Waals surface area contributed by atoms with Crippen LogP contribution in [0.4, 0.5) is 0 Å². The van der Waals surface area contributed by atoms with Gasteiger partial charge in [-0.2, -0.15) is 0 Å². The number of hydrogen-bond donors (Lipinski definition) is 1. The average Bonchev–Trinajstić information content (AvgIpc) is 2.68. The summed E-state index contributed by atoms with van der Waals surface area (Å²) in [6, 6.07) is 7.68. The normalized spacial score (nSPS) is 11.0. The molecule has 0 atom stereocenters. The molecule has 4 heteroatoms. The van der Waals surface area contributed by atoms with E-state index in [9.17, 15) is 4.79 Å². The summed E-state index contributed by atoms with van der Waals surface area (Å²) < 4.78 is 5.06. The van der Waals surface area contributed by atoms with E-state index in [0.717, 1.165) is 22.4 Å². The molecule has 90 valence electrons. The van der Waals surface area contributed by atoms with Gasteiger partial charge in [0.15, 0.2) is 5.58 Å². The van der Waals surface area contributed by atoms with E-state index in [1.165, 1.54) is 0 Å². The van der Waals surface area contributed by atoms with Crippen molar-refractivity contribution in [1.82, 2.24) is 9.97 Å². The minimum absolute atomic E-state index is 0.430. The summed E-state index contributed by atoms with van der Waals surface area (Å²) in [5.41, 5.74) is 5.46. The van der Waals surface area contributed by atoms with Crippen molar-refractivity contribution in [3.05, 3.63) is 52.3 Å². The number of aryl methyl sites for hydroxylation is 2. The second kappa shape index (κ2) is 3.84. The van der Waals surface area contributed by atoms with Crippen LogP contribution in [0.25, 0.3) is 22.2 Å². The van der Waals surface area contributed by atoms with Crippen LogP contribution in [0.15, 0.2) is 39.7 Å². The van der Waals surface area contributed by atoms with Crippen LogP contribution in [0.1, 0.15) is 11.3 Å². The van der Waals surface area contributed by atoms with Gasteiger partial charge in [0, 0.05) is 17.5 Å². The molecule has 2 heterocycles. The molecular formula is C14H12N2O2. The van der Waals surface area contributed by atoms with Crippen LogP contribution < -0.4 is 5.76 Å². The van der Waals surface area contributed by atoms with Crippen molar-refractivity contribution in [3.8, 4) is 11.1 Å². The van der Waals surface area contributed by atoms with Crippen molar-refractivity contribution in [2.24, 2.45) is 0 Å². The van der Waals surface area contributed by atoms with Gasteiger partial charge in [0.05, 0.1) is 5.52 Å². The first-order chi connectivity index (χ1) is 8.63. The Labute approximate surface area is 103 Å². The number of aromatic amines is 1. The molecule has 0 spiro atoms. The predicted octanol–water partition coefficient (Wildman–Crippen LogP) is 2.80. The van der Waals surface area contributed by atoms with Crippen molar-refractivity contribution in [3.63, 3.8) is 0 Å². The monoisotopic (exact) mass is 240 g/mol. The van der Waals surface area contributed by atoms with E-state index in [1.54, 1.807) is 0 Å². The maximum atomic E-state index is 11.1. The first-order valence-corrected chi connectivity index (χ1v) is 5.70. The van der Waals surface area contributed by atoms with Crippen LogP contribution in [0.2, 0.25) is 0 Å². The van der Waals surface area contributed by atoms with Crippen LogP contribution in [-0.2, 0) is 0 Å². The molecule has 3 aromatic rings. The number of aromatic nitrogens is 2. The Bertz CT molecular complexity index is 784. The topological polar surface area (TPSA) is 58.9 Å². The van der Waals surface area contributed by atoms with Crippen LogP contribution in [0.5, 0.6) is 0 Å². The Kier molecular flexibility index (Phi) is 2.30. The highest BCUT2D eigenvalue weighted by molar-refractivity contribution is 5.80. The Morgan fingerprint density at radius 2 is 2.06 bits per heavy atom. The van der Waals surface area contributed by atoms with Crippen LogP contribution in [0, 0.1) is 13.8 Å². The molecule has 3 rings (SSSR count). The molecule has 0 saturated heterocycles. The quantitative estimate of drug-likeness (QED) is 0.711. The van der Waals surface area contributed by atoms with Gasteiger partial charge < -0.3 is 4.42 Å². The number of nitrogens with zero attached hydrogens (tertiary/aromatic N) is 1. The number of rotatable bonds is 1. The van der Waals surface area contributed by atoms with Crippen molar-refractivity contribution in [2.45, 2.75) is 13.8 Å². The summed E-state index contributed by atoms with van der Waals surface area (Å²) in [6.45, 7) is 4.01. The fourth-order valence-corrected chi connectivity index (χ4v) is 2.11. The molecule has 0 aliphatic heterocycles. The maximum Gasteiger partial charge on any atom is 0.417 e. The van der Waals surface area contributed by atoms with Gasteiger partial charge >= 0.3 is 5.76 Å². The molecule has 4 nitrogen and oxygen atoms in total. The molecule has 0 aliphatic carbocycles. The number of H-pyrrole nitrogens is 1. The number of oxazole rings is 1. The van der Waals surface area contributed by atoms with E-state index in [4.69, 9.17) is 4.42 Å². The summed E-state index contributed by atoms with van der Waals surface area (Å²) in [4.78, 5) is 18.0. The zero-order valence-corrected chi connectivity index (χ0v) is 10.2. The number of nitrogens with one attached hydrogen (secondary N) is 1. The summed E-state index contributed by atoms with van der Waals surface area (Å²) in [6.07, 6.45) is 1.84. The SMILES string of the molecule is Cc1cc(C)c(-c2ccc3[nH]c(=O)oc3c2)cn1. The standard InChI is InChI=1S/C14H12N2O2/c1-8-5-9(2)15-7-11(8)10-3-4-12-13(6-10)18-14(17)16-12/h3-7H,1-2H3,(H,16,17). The lowest BCUT2D eigenvalue weighted by atomic mass is 10.0. The van der Waals surface area contributed by atoms with Gasteiger partial charge in [-0.15, -0.1) is 0 Å². The predicted molar refractivity (Wildman–Crippen MR) is 69.5 cm³/mol. The fourth-order valence-electron chi connectivity index (χ4n) is 2.11. The highest BCUT2D eigenvalue weighted by Gasteiger charge is 2.06. The second-order valence-corrected chi connectivity index (χ2v) is 4.37. The van der Waals surface area contributed by atoms with Crippen LogP contribution >= 0.6 is 0 Å². The Morgan fingerprint density at radius 3 is 2.83 bits per heavy atom. The molecule has 1 aromatic carbocycles. The smallest absolute Gasteiger partial charge is 0.408 e. The molecule has 0 unspecified atom stereocenters. The summed E-state index contributed by atoms with van der Waals surface area (Å²) in [5.74, 6) is -0.430. The largest absolute Gasteiger partial charge is 0.417 e. The number of pyridine rings is 1. The number of fused-ring (bicyclic) bond motifs is 1. The molecule has 0 fully saturated rings. The highest BCUT2D eigenvalue weighted by atomic mass is 16.4. The van der Waals surface area contributed by atoms with Crippen molar-refractivity contribution < 1.29 is 4.42 Å². The minimum Gasteiger partial charge on any atom is -0.408 e. The zero-order valence-electron chi connectivity index (χ0n) is 10.2. The maximum absolute atomic E-state index is 11.1. The fraction of sp³-hybridized carbons (Fsp3) is 0.143. The Balaban J connectivity index is 2.21. The van der Waals surface area contributed by atoms with Gasteiger partial charge in [-0.25, -0.2) is 4.79 Å². The Morgan fingerprint density at radius 1 is 1.22 bits per heavy atom. The van der Waals surface area contributed by atoms with E-state index in [0.29, 0.717) is 11.1 Å². The first-order valence-electron chi connectivity index (χ1n) is 5.70. The van der Waals surface area contributed by atoms with E-state index in [-0.39, 0.29) is 0 Å². The average molecular weight is 240 g/mol. The molecule has 0 aliphatic rings. The van der Waals surface area contributed by atoms with Crippen LogP contribution in [-0.4, -0.2) is 9.97 Å². The van der Waals surface area contributed by atoms with E-state index >= 15 is 0 Å². The molecule has 1 N–H and O–H groups in total. The lowest BCUT2D eigenvalue weighted by Gasteiger charge is -2.06. The molecule has 0 amide bonds. The minimum atomic E-state index is -0.430. The van der Waals surface area contributed by atoms with Crippen molar-refractivity contribution in [1.29, 1.82) is 0 Å². The highest BCUT2D eigenvalue weighted by Crippen LogP contribution is 2.25. The van der Waals surface area contributed by atoms with Crippen LogP contribution in [0.3, 0.4) is 0 Å².